The first kappa shape index (κ1) is 48.7. The monoisotopic (exact) mass is 849 g/mol. The standard InChI is InChI=1S/C40H67N5O11Si2/c1-25(2)23-27(43-38(52)53-24-26-17-14-13-15-18-26)34(48)42-21-16-20-41-29(36(49)50)30(47)31-32(55-57(9,10)39(3,4)5)33(56-58(11,12)40(6,7)8)35(54-31)45-22-19-28(46)44-37(45)51/h13-15,17-19,22,25,27,29-33,35,41,47H,16,20-21,23-24H2,1-12H3,(H,42,48)(H,43,52)(H,49,50)(H,44,46,51)/t27-,29-,30?,31?,32?,33+,35+/m0/s1. The normalized spacial score (nSPS) is 20.7. The van der Waals surface area contributed by atoms with Crippen molar-refractivity contribution in [3.8, 4) is 0 Å². The molecule has 18 heteroatoms. The molecule has 16 nitrogen and oxygen atoms in total. The first-order valence-electron chi connectivity index (χ1n) is 20.0. The summed E-state index contributed by atoms with van der Waals surface area (Å²) in [6.07, 6.45) is -4.93. The van der Waals surface area contributed by atoms with E-state index < -0.39 is 88.6 Å². The third kappa shape index (κ3) is 13.2. The molecule has 2 heterocycles. The molecule has 1 fully saturated rings. The predicted octanol–water partition coefficient (Wildman–Crippen LogP) is 4.47. The second-order valence-electron chi connectivity index (χ2n) is 18.5. The van der Waals surface area contributed by atoms with Crippen molar-refractivity contribution in [1.82, 2.24) is 25.5 Å². The average Bonchev–Trinajstić information content (AvgIpc) is 3.43. The Kier molecular flexibility index (Phi) is 16.9. The van der Waals surface area contributed by atoms with Crippen LogP contribution in [0.15, 0.2) is 52.2 Å². The number of aromatic amines is 1. The van der Waals surface area contributed by atoms with Gasteiger partial charge in [0, 0.05) is 18.8 Å². The average molecular weight is 850 g/mol. The van der Waals surface area contributed by atoms with E-state index in [0.29, 0.717) is 6.42 Å². The summed E-state index contributed by atoms with van der Waals surface area (Å²) in [5.41, 5.74) is -0.556. The van der Waals surface area contributed by atoms with Crippen molar-refractivity contribution in [3.63, 3.8) is 0 Å². The van der Waals surface area contributed by atoms with Gasteiger partial charge >= 0.3 is 17.8 Å². The number of carboxylic acids is 1. The molecule has 3 rings (SSSR count). The zero-order valence-corrected chi connectivity index (χ0v) is 38.2. The zero-order chi connectivity index (χ0) is 43.8. The molecule has 1 aliphatic rings. The number of H-pyrrole nitrogens is 1. The number of rotatable bonds is 19. The molecule has 1 aliphatic heterocycles. The summed E-state index contributed by atoms with van der Waals surface area (Å²) in [7, 11) is -5.32. The van der Waals surface area contributed by atoms with Crippen LogP contribution in [0.25, 0.3) is 0 Å². The number of aromatic nitrogens is 2. The molecule has 1 saturated heterocycles. The first-order valence-corrected chi connectivity index (χ1v) is 25.8. The van der Waals surface area contributed by atoms with Gasteiger partial charge in [-0.05, 0) is 67.1 Å². The lowest BCUT2D eigenvalue weighted by atomic mass is 9.99. The van der Waals surface area contributed by atoms with E-state index >= 15 is 0 Å². The highest BCUT2D eigenvalue weighted by Gasteiger charge is 2.57. The minimum Gasteiger partial charge on any atom is -0.480 e. The number of aliphatic hydroxyl groups is 1. The Morgan fingerprint density at radius 3 is 2.03 bits per heavy atom. The van der Waals surface area contributed by atoms with Gasteiger partial charge in [-0.2, -0.15) is 0 Å². The van der Waals surface area contributed by atoms with Crippen LogP contribution in [0.4, 0.5) is 4.79 Å². The minimum absolute atomic E-state index is 0.0522. The van der Waals surface area contributed by atoms with Crippen LogP contribution in [0.2, 0.25) is 36.3 Å². The van der Waals surface area contributed by atoms with Crippen molar-refractivity contribution in [2.24, 2.45) is 5.92 Å². The molecule has 3 unspecified atom stereocenters. The fourth-order valence-electron chi connectivity index (χ4n) is 5.92. The topological polar surface area (TPSA) is 220 Å². The van der Waals surface area contributed by atoms with Crippen molar-refractivity contribution in [2.75, 3.05) is 13.1 Å². The van der Waals surface area contributed by atoms with Crippen molar-refractivity contribution < 1.29 is 42.9 Å². The second kappa shape index (κ2) is 20.1. The van der Waals surface area contributed by atoms with Gasteiger partial charge in [-0.15, -0.1) is 0 Å². The highest BCUT2D eigenvalue weighted by atomic mass is 28.4. The van der Waals surface area contributed by atoms with E-state index in [0.717, 1.165) is 5.56 Å². The van der Waals surface area contributed by atoms with Crippen LogP contribution in [0.5, 0.6) is 0 Å². The van der Waals surface area contributed by atoms with E-state index in [9.17, 15) is 34.2 Å². The molecule has 326 valence electrons. The fraction of sp³-hybridized carbons (Fsp3) is 0.675. The van der Waals surface area contributed by atoms with Gasteiger partial charge < -0.3 is 44.5 Å². The van der Waals surface area contributed by atoms with E-state index in [1.165, 1.54) is 16.8 Å². The molecular formula is C40H67N5O11Si2. The molecule has 0 bridgehead atoms. The molecule has 2 aromatic rings. The number of benzene rings is 1. The van der Waals surface area contributed by atoms with Crippen LogP contribution < -0.4 is 27.2 Å². The summed E-state index contributed by atoms with van der Waals surface area (Å²) in [6, 6.07) is 7.94. The number of carbonyl (C=O) groups excluding carboxylic acids is 2. The SMILES string of the molecule is CC(C)C[C@H](NC(=O)OCc1ccccc1)C(=O)NCCCN[C@H](C(=O)O)C(O)C1O[C@@H](n2ccc(=O)[nH]c2=O)[C@H](O[Si](C)(C)C(C)(C)C)C1O[Si](C)(C)C(C)(C)C. The number of carbonyl (C=O) groups is 3. The van der Waals surface area contributed by atoms with Gasteiger partial charge in [0.15, 0.2) is 22.9 Å². The van der Waals surface area contributed by atoms with Gasteiger partial charge in [-0.1, -0.05) is 85.7 Å². The third-order valence-electron chi connectivity index (χ3n) is 11.3. The van der Waals surface area contributed by atoms with Gasteiger partial charge in [-0.25, -0.2) is 9.59 Å². The Labute approximate surface area is 344 Å². The Morgan fingerprint density at radius 2 is 1.50 bits per heavy atom. The van der Waals surface area contributed by atoms with Crippen LogP contribution in [-0.2, 0) is 34.5 Å². The molecule has 7 atom stereocenters. The van der Waals surface area contributed by atoms with Gasteiger partial charge in [0.25, 0.3) is 5.56 Å². The van der Waals surface area contributed by atoms with Crippen LogP contribution >= 0.6 is 0 Å². The fourth-order valence-corrected chi connectivity index (χ4v) is 8.51. The molecule has 1 aromatic carbocycles. The van der Waals surface area contributed by atoms with Gasteiger partial charge in [-0.3, -0.25) is 23.9 Å². The second-order valence-corrected chi connectivity index (χ2v) is 28.0. The number of hydrogen-bond donors (Lipinski definition) is 6. The lowest BCUT2D eigenvalue weighted by molar-refractivity contribution is -0.149. The van der Waals surface area contributed by atoms with Crippen molar-refractivity contribution >= 4 is 34.6 Å². The number of aliphatic hydroxyl groups excluding tert-OH is 1. The molecular weight excluding hydrogens is 783 g/mol. The van der Waals surface area contributed by atoms with Crippen LogP contribution in [0, 0.1) is 5.92 Å². The maximum Gasteiger partial charge on any atom is 0.408 e. The first-order chi connectivity index (χ1) is 26.8. The highest BCUT2D eigenvalue weighted by molar-refractivity contribution is 6.74. The van der Waals surface area contributed by atoms with E-state index in [-0.39, 0.29) is 42.1 Å². The molecule has 2 amide bonds. The molecule has 1 aromatic heterocycles. The van der Waals surface area contributed by atoms with Crippen LogP contribution in [0.1, 0.15) is 80.0 Å². The van der Waals surface area contributed by atoms with E-state index in [1.807, 2.05) is 91.1 Å². The smallest absolute Gasteiger partial charge is 0.408 e. The Morgan fingerprint density at radius 1 is 0.914 bits per heavy atom. The summed E-state index contributed by atoms with van der Waals surface area (Å²) in [4.78, 5) is 66.0. The van der Waals surface area contributed by atoms with Crippen LogP contribution in [0.3, 0.4) is 0 Å². The van der Waals surface area contributed by atoms with Crippen molar-refractivity contribution in [1.29, 1.82) is 0 Å². The summed E-state index contributed by atoms with van der Waals surface area (Å²) in [5.74, 6) is -1.68. The Balaban J connectivity index is 1.81. The number of ether oxygens (including phenoxy) is 2. The van der Waals surface area contributed by atoms with E-state index in [1.54, 1.807) is 0 Å². The quantitative estimate of drug-likeness (QED) is 0.0853. The number of carboxylic acid groups (broad SMARTS) is 1. The van der Waals surface area contributed by atoms with Gasteiger partial charge in [0.1, 0.15) is 43.1 Å². The van der Waals surface area contributed by atoms with Crippen molar-refractivity contribution in [3.05, 3.63) is 69.0 Å². The summed E-state index contributed by atoms with van der Waals surface area (Å²) >= 11 is 0. The largest absolute Gasteiger partial charge is 0.480 e. The summed E-state index contributed by atoms with van der Waals surface area (Å²) in [5, 5.41) is 30.1. The molecule has 0 aliphatic carbocycles. The molecule has 58 heavy (non-hydrogen) atoms. The molecule has 6 N–H and O–H groups in total. The van der Waals surface area contributed by atoms with Crippen LogP contribution in [-0.4, -0.2) is 104 Å². The number of alkyl carbamates (subject to hydrolysis) is 1. The number of hydrogen-bond acceptors (Lipinski definition) is 11. The lowest BCUT2D eigenvalue weighted by Gasteiger charge is -2.44. The molecule has 0 saturated carbocycles. The third-order valence-corrected chi connectivity index (χ3v) is 20.3. The molecule has 0 radical (unpaired) electrons. The minimum atomic E-state index is -2.68. The van der Waals surface area contributed by atoms with Gasteiger partial charge in [0.2, 0.25) is 5.91 Å². The number of amides is 2. The highest BCUT2D eigenvalue weighted by Crippen LogP contribution is 2.46. The summed E-state index contributed by atoms with van der Waals surface area (Å²) in [6.45, 7) is 24.6. The maximum atomic E-state index is 13.2. The lowest BCUT2D eigenvalue weighted by Crippen LogP contribution is -2.58. The summed E-state index contributed by atoms with van der Waals surface area (Å²) < 4.78 is 26.9. The van der Waals surface area contributed by atoms with Gasteiger partial charge in [0.05, 0.1) is 0 Å². The van der Waals surface area contributed by atoms with E-state index in [2.05, 4.69) is 41.7 Å². The number of nitrogens with zero attached hydrogens (tertiary/aromatic N) is 1. The van der Waals surface area contributed by atoms with Crippen molar-refractivity contribution in [2.45, 2.75) is 154 Å². The maximum absolute atomic E-state index is 13.2. The Hall–Kier alpha value is -3.66. The predicted molar refractivity (Wildman–Crippen MR) is 225 cm³/mol. The zero-order valence-electron chi connectivity index (χ0n) is 36.2. The molecule has 0 spiro atoms. The number of aliphatic carboxylic acids is 1. The Bertz CT molecular complexity index is 1790. The van der Waals surface area contributed by atoms with E-state index in [4.69, 9.17) is 18.3 Å². The number of nitrogens with one attached hydrogen (secondary N) is 4.